The summed E-state index contributed by atoms with van der Waals surface area (Å²) >= 11 is 1.58. The highest BCUT2D eigenvalue weighted by molar-refractivity contribution is 7.92. The van der Waals surface area contributed by atoms with Gasteiger partial charge in [-0.2, -0.15) is 0 Å². The molecule has 7 heteroatoms. The maximum absolute atomic E-state index is 12.3. The van der Waals surface area contributed by atoms with E-state index in [1.54, 1.807) is 23.2 Å². The highest BCUT2D eigenvalue weighted by Gasteiger charge is 2.33. The van der Waals surface area contributed by atoms with Crippen LogP contribution in [0.15, 0.2) is 24.3 Å². The van der Waals surface area contributed by atoms with E-state index in [1.165, 1.54) is 0 Å². The molecule has 118 valence electrons. The largest absolute Gasteiger partial charge is 0.332 e. The second-order valence-electron chi connectivity index (χ2n) is 5.44. The molecule has 1 atom stereocenters. The van der Waals surface area contributed by atoms with Gasteiger partial charge in [0.25, 0.3) is 0 Å². The van der Waals surface area contributed by atoms with Crippen molar-refractivity contribution in [3.05, 3.63) is 29.3 Å². The fraction of sp³-hybridized carbons (Fsp3) is 0.467. The number of aromatic nitrogens is 1. The molecule has 1 aromatic heterocycles. The standard InChI is InChI=1S/C15H18N2O3S2/c1-2-22(19,20)10-14(18)17-9-5-7-12(17)15-16-11-6-3-4-8-13(11)21-15/h3-4,6,8,12H,2,5,7,9-10H2,1H3/t12-/m0/s1. The summed E-state index contributed by atoms with van der Waals surface area (Å²) in [4.78, 5) is 18.6. The molecule has 2 aromatic rings. The summed E-state index contributed by atoms with van der Waals surface area (Å²) < 4.78 is 24.5. The molecule has 0 N–H and O–H groups in total. The quantitative estimate of drug-likeness (QED) is 0.858. The number of para-hydroxylation sites is 1. The van der Waals surface area contributed by atoms with Crippen LogP contribution in [0.2, 0.25) is 0 Å². The predicted molar refractivity (Wildman–Crippen MR) is 87.6 cm³/mol. The lowest BCUT2D eigenvalue weighted by Crippen LogP contribution is -2.35. The molecule has 1 aliphatic rings. The van der Waals surface area contributed by atoms with Gasteiger partial charge in [0.2, 0.25) is 5.91 Å². The number of likely N-dealkylation sites (tertiary alicyclic amines) is 1. The lowest BCUT2D eigenvalue weighted by Gasteiger charge is -2.22. The first-order valence-electron chi connectivity index (χ1n) is 7.35. The third kappa shape index (κ3) is 3.01. The normalized spacial score (nSPS) is 19.0. The molecule has 0 unspecified atom stereocenters. The van der Waals surface area contributed by atoms with Crippen molar-refractivity contribution >= 4 is 37.3 Å². The molecule has 1 saturated heterocycles. The molecule has 0 bridgehead atoms. The second kappa shape index (κ2) is 5.96. The van der Waals surface area contributed by atoms with E-state index < -0.39 is 15.6 Å². The Morgan fingerprint density at radius 1 is 1.41 bits per heavy atom. The second-order valence-corrected chi connectivity index (χ2v) is 8.86. The van der Waals surface area contributed by atoms with E-state index in [4.69, 9.17) is 0 Å². The average Bonchev–Trinajstić information content (AvgIpc) is 3.12. The van der Waals surface area contributed by atoms with Crippen molar-refractivity contribution in [2.24, 2.45) is 0 Å². The van der Waals surface area contributed by atoms with Crippen LogP contribution in [0.1, 0.15) is 30.8 Å². The number of carbonyl (C=O) groups excluding carboxylic acids is 1. The van der Waals surface area contributed by atoms with Crippen LogP contribution in [0.4, 0.5) is 0 Å². The molecular weight excluding hydrogens is 320 g/mol. The molecule has 0 saturated carbocycles. The highest BCUT2D eigenvalue weighted by Crippen LogP contribution is 2.36. The number of sulfone groups is 1. The van der Waals surface area contributed by atoms with Crippen LogP contribution >= 0.6 is 11.3 Å². The van der Waals surface area contributed by atoms with Gasteiger partial charge >= 0.3 is 0 Å². The Balaban J connectivity index is 1.85. The molecule has 0 radical (unpaired) electrons. The smallest absolute Gasteiger partial charge is 0.238 e. The van der Waals surface area contributed by atoms with Crippen molar-refractivity contribution in [1.29, 1.82) is 0 Å². The summed E-state index contributed by atoms with van der Waals surface area (Å²) in [6, 6.07) is 7.79. The van der Waals surface area contributed by atoms with Crippen molar-refractivity contribution in [2.45, 2.75) is 25.8 Å². The molecule has 2 heterocycles. The van der Waals surface area contributed by atoms with E-state index in [2.05, 4.69) is 4.98 Å². The van der Waals surface area contributed by atoms with Crippen molar-refractivity contribution in [2.75, 3.05) is 18.1 Å². The van der Waals surface area contributed by atoms with Gasteiger partial charge < -0.3 is 4.90 Å². The number of carbonyl (C=O) groups is 1. The monoisotopic (exact) mass is 338 g/mol. The van der Waals surface area contributed by atoms with Crippen LogP contribution in [-0.2, 0) is 14.6 Å². The molecule has 1 aliphatic heterocycles. The van der Waals surface area contributed by atoms with Gasteiger partial charge in [-0.05, 0) is 25.0 Å². The molecule has 22 heavy (non-hydrogen) atoms. The first-order chi connectivity index (χ1) is 10.5. The van der Waals surface area contributed by atoms with Crippen molar-refractivity contribution in [1.82, 2.24) is 9.88 Å². The Bertz CT molecular complexity index is 765. The van der Waals surface area contributed by atoms with Gasteiger partial charge in [-0.25, -0.2) is 13.4 Å². The van der Waals surface area contributed by atoms with Crippen molar-refractivity contribution < 1.29 is 13.2 Å². The number of thiazole rings is 1. The zero-order chi connectivity index (χ0) is 15.7. The summed E-state index contributed by atoms with van der Waals surface area (Å²) in [6.45, 7) is 2.18. The van der Waals surface area contributed by atoms with E-state index in [-0.39, 0.29) is 17.7 Å². The molecular formula is C15H18N2O3S2. The topological polar surface area (TPSA) is 67.3 Å². The van der Waals surface area contributed by atoms with Gasteiger partial charge in [0.15, 0.2) is 9.84 Å². The first kappa shape index (κ1) is 15.4. The molecule has 5 nitrogen and oxygen atoms in total. The maximum atomic E-state index is 12.3. The lowest BCUT2D eigenvalue weighted by molar-refractivity contribution is -0.129. The summed E-state index contributed by atoms with van der Waals surface area (Å²) in [6.07, 6.45) is 1.73. The Hall–Kier alpha value is -1.47. The van der Waals surface area contributed by atoms with E-state index in [1.807, 2.05) is 24.3 Å². The SMILES string of the molecule is CCS(=O)(=O)CC(=O)N1CCC[C@H]1c1nc2ccccc2s1. The van der Waals surface area contributed by atoms with Crippen LogP contribution in [0, 0.1) is 0 Å². The van der Waals surface area contributed by atoms with E-state index >= 15 is 0 Å². The number of amides is 1. The number of fused-ring (bicyclic) bond motifs is 1. The van der Waals surface area contributed by atoms with Gasteiger partial charge in [-0.1, -0.05) is 19.1 Å². The van der Waals surface area contributed by atoms with Crippen molar-refractivity contribution in [3.8, 4) is 0 Å². The minimum Gasteiger partial charge on any atom is -0.332 e. The third-order valence-corrected chi connectivity index (χ3v) is 6.66. The fourth-order valence-electron chi connectivity index (χ4n) is 2.73. The van der Waals surface area contributed by atoms with Crippen LogP contribution in [-0.4, -0.2) is 42.3 Å². The third-order valence-electron chi connectivity index (χ3n) is 3.95. The predicted octanol–water partition coefficient (Wildman–Crippen LogP) is 2.39. The van der Waals surface area contributed by atoms with Gasteiger partial charge in [0.05, 0.1) is 16.3 Å². The van der Waals surface area contributed by atoms with Crippen LogP contribution in [0.25, 0.3) is 10.2 Å². The minimum atomic E-state index is -3.29. The molecule has 1 fully saturated rings. The lowest BCUT2D eigenvalue weighted by atomic mass is 10.2. The van der Waals surface area contributed by atoms with Gasteiger partial charge in [0.1, 0.15) is 10.8 Å². The first-order valence-corrected chi connectivity index (χ1v) is 9.99. The fourth-order valence-corrected chi connectivity index (χ4v) is 4.59. The summed E-state index contributed by atoms with van der Waals surface area (Å²) in [5.74, 6) is -0.702. The number of hydrogen-bond acceptors (Lipinski definition) is 5. The van der Waals surface area contributed by atoms with Crippen LogP contribution in [0.5, 0.6) is 0 Å². The maximum Gasteiger partial charge on any atom is 0.238 e. The average molecular weight is 338 g/mol. The highest BCUT2D eigenvalue weighted by atomic mass is 32.2. The van der Waals surface area contributed by atoms with Gasteiger partial charge in [0, 0.05) is 12.3 Å². The molecule has 0 aliphatic carbocycles. The zero-order valence-electron chi connectivity index (χ0n) is 12.4. The zero-order valence-corrected chi connectivity index (χ0v) is 14.0. The Morgan fingerprint density at radius 3 is 2.91 bits per heavy atom. The summed E-state index contributed by atoms with van der Waals surface area (Å²) in [5.41, 5.74) is 0.933. The Kier molecular flexibility index (Phi) is 4.18. The minimum absolute atomic E-state index is 0.00160. The molecule has 1 amide bonds. The van der Waals surface area contributed by atoms with E-state index in [0.29, 0.717) is 6.54 Å². The van der Waals surface area contributed by atoms with Crippen LogP contribution in [0.3, 0.4) is 0 Å². The van der Waals surface area contributed by atoms with Gasteiger partial charge in [-0.15, -0.1) is 11.3 Å². The summed E-state index contributed by atoms with van der Waals surface area (Å²) in [7, 11) is -3.29. The number of benzene rings is 1. The number of nitrogens with zero attached hydrogens (tertiary/aromatic N) is 2. The van der Waals surface area contributed by atoms with Crippen molar-refractivity contribution in [3.63, 3.8) is 0 Å². The Morgan fingerprint density at radius 2 is 2.18 bits per heavy atom. The van der Waals surface area contributed by atoms with E-state index in [0.717, 1.165) is 28.1 Å². The molecule has 0 spiro atoms. The van der Waals surface area contributed by atoms with E-state index in [9.17, 15) is 13.2 Å². The Labute approximate surface area is 133 Å². The molecule has 3 rings (SSSR count). The molecule has 1 aromatic carbocycles. The number of rotatable bonds is 4. The number of hydrogen-bond donors (Lipinski definition) is 0. The van der Waals surface area contributed by atoms with Crippen LogP contribution < -0.4 is 0 Å². The van der Waals surface area contributed by atoms with Gasteiger partial charge in [-0.3, -0.25) is 4.79 Å². The summed E-state index contributed by atoms with van der Waals surface area (Å²) in [5, 5.41) is 0.904.